The van der Waals surface area contributed by atoms with Crippen LogP contribution < -0.4 is 4.90 Å². The molecule has 1 aliphatic heterocycles. The normalized spacial score (nSPS) is 17.1. The van der Waals surface area contributed by atoms with E-state index in [1.54, 1.807) is 4.90 Å². The number of ether oxygens (including phenoxy) is 2. The Morgan fingerprint density at radius 3 is 2.64 bits per heavy atom. The molecular formula is C26H35NO5S. The zero-order valence-corrected chi connectivity index (χ0v) is 20.6. The van der Waals surface area contributed by atoms with E-state index in [0.717, 1.165) is 54.7 Å². The highest BCUT2D eigenvalue weighted by Gasteiger charge is 2.32. The molecule has 0 unspecified atom stereocenters. The minimum Gasteiger partial charge on any atom is -0.459 e. The summed E-state index contributed by atoms with van der Waals surface area (Å²) in [5.41, 5.74) is 1.67. The van der Waals surface area contributed by atoms with Crippen molar-refractivity contribution in [1.82, 2.24) is 0 Å². The maximum atomic E-state index is 12.5. The zero-order chi connectivity index (χ0) is 23.8. The molecule has 33 heavy (non-hydrogen) atoms. The fourth-order valence-electron chi connectivity index (χ4n) is 3.95. The number of unbranched alkanes of at least 4 members (excludes halogenated alkanes) is 2. The average Bonchev–Trinajstić information content (AvgIpc) is 3.40. The van der Waals surface area contributed by atoms with Gasteiger partial charge in [0.05, 0.1) is 12.2 Å². The molecule has 1 fully saturated rings. The minimum atomic E-state index is -0.472. The zero-order valence-electron chi connectivity index (χ0n) is 19.8. The van der Waals surface area contributed by atoms with E-state index in [9.17, 15) is 14.7 Å². The third kappa shape index (κ3) is 7.13. The van der Waals surface area contributed by atoms with Gasteiger partial charge in [-0.2, -0.15) is 0 Å². The summed E-state index contributed by atoms with van der Waals surface area (Å²) in [4.78, 5) is 28.0. The number of anilines is 1. The summed E-state index contributed by atoms with van der Waals surface area (Å²) in [6.07, 6.45) is 5.44. The molecule has 1 N–H and O–H groups in total. The number of hydrogen-bond acceptors (Lipinski definition) is 6. The van der Waals surface area contributed by atoms with Crippen LogP contribution in [-0.4, -0.2) is 35.9 Å². The van der Waals surface area contributed by atoms with Crippen LogP contribution in [0.1, 0.15) is 85.5 Å². The van der Waals surface area contributed by atoms with E-state index in [4.69, 9.17) is 9.47 Å². The van der Waals surface area contributed by atoms with E-state index in [2.05, 4.69) is 6.92 Å². The molecule has 1 saturated heterocycles. The molecule has 2 heterocycles. The monoisotopic (exact) mass is 473 g/mol. The van der Waals surface area contributed by atoms with Gasteiger partial charge < -0.3 is 14.6 Å². The molecule has 2 aromatic rings. The molecule has 2 atom stereocenters. The van der Waals surface area contributed by atoms with Crippen LogP contribution in [0, 0.1) is 0 Å². The average molecular weight is 474 g/mol. The fourth-order valence-corrected chi connectivity index (χ4v) is 4.88. The Balaban J connectivity index is 1.54. The van der Waals surface area contributed by atoms with Gasteiger partial charge in [-0.3, -0.25) is 9.69 Å². The molecule has 6 nitrogen and oxygen atoms in total. The number of benzene rings is 1. The number of aryl methyl sites for hydroxylation is 1. The maximum absolute atomic E-state index is 12.5. The van der Waals surface area contributed by atoms with Crippen molar-refractivity contribution in [1.29, 1.82) is 0 Å². The minimum absolute atomic E-state index is 0.0499. The van der Waals surface area contributed by atoms with Gasteiger partial charge in [0.2, 0.25) is 0 Å². The summed E-state index contributed by atoms with van der Waals surface area (Å²) in [6.45, 7) is 5.90. The lowest BCUT2D eigenvalue weighted by molar-refractivity contribution is -0.117. The molecule has 180 valence electrons. The molecule has 1 aliphatic rings. The van der Waals surface area contributed by atoms with Crippen LogP contribution in [0.4, 0.5) is 5.69 Å². The van der Waals surface area contributed by atoms with E-state index in [1.165, 1.54) is 11.3 Å². The highest BCUT2D eigenvalue weighted by atomic mass is 32.1. The van der Waals surface area contributed by atoms with Crippen molar-refractivity contribution in [3.05, 3.63) is 51.7 Å². The predicted molar refractivity (Wildman–Crippen MR) is 131 cm³/mol. The number of amides is 1. The molecule has 1 aromatic carbocycles. The Labute approximate surface area is 200 Å². The number of hydrogen-bond donors (Lipinski definition) is 1. The largest absolute Gasteiger partial charge is 0.459 e. The molecule has 7 heteroatoms. The number of rotatable bonds is 12. The summed E-state index contributed by atoms with van der Waals surface area (Å²) >= 11 is 1.45. The van der Waals surface area contributed by atoms with Crippen molar-refractivity contribution in [2.24, 2.45) is 0 Å². The third-order valence-corrected chi connectivity index (χ3v) is 6.80. The lowest BCUT2D eigenvalue weighted by atomic mass is 10.0. The Morgan fingerprint density at radius 2 is 1.94 bits per heavy atom. The van der Waals surface area contributed by atoms with Gasteiger partial charge in [-0.05, 0) is 69.4 Å². The van der Waals surface area contributed by atoms with Crippen LogP contribution in [0.2, 0.25) is 0 Å². The van der Waals surface area contributed by atoms with Gasteiger partial charge >= 0.3 is 5.97 Å². The molecule has 0 radical (unpaired) electrons. The second kappa shape index (κ2) is 12.3. The fraction of sp³-hybridized carbons (Fsp3) is 0.538. The summed E-state index contributed by atoms with van der Waals surface area (Å²) < 4.78 is 11.0. The van der Waals surface area contributed by atoms with Crippen LogP contribution in [0.5, 0.6) is 0 Å². The van der Waals surface area contributed by atoms with E-state index >= 15 is 0 Å². The molecule has 0 spiro atoms. The van der Waals surface area contributed by atoms with Crippen LogP contribution >= 0.6 is 11.3 Å². The van der Waals surface area contributed by atoms with Crippen molar-refractivity contribution in [3.63, 3.8) is 0 Å². The number of carbonyl (C=O) groups excluding carboxylic acids is 2. The molecule has 0 saturated carbocycles. The summed E-state index contributed by atoms with van der Waals surface area (Å²) in [5.74, 6) is -0.331. The SMILES string of the molecule is CCCCC[C@@H](O)c1ccc(N2C(=O)CO[C@@H]2CCCc2ccc(C(=O)OC(C)C)s2)cc1. The first-order chi connectivity index (χ1) is 15.9. The van der Waals surface area contributed by atoms with Crippen molar-refractivity contribution in [3.8, 4) is 0 Å². The van der Waals surface area contributed by atoms with Crippen LogP contribution in [0.15, 0.2) is 36.4 Å². The lowest BCUT2D eigenvalue weighted by Crippen LogP contribution is -2.33. The second-order valence-corrected chi connectivity index (χ2v) is 9.91. The quantitative estimate of drug-likeness (QED) is 0.319. The van der Waals surface area contributed by atoms with E-state index in [-0.39, 0.29) is 30.8 Å². The highest BCUT2D eigenvalue weighted by Crippen LogP contribution is 2.29. The van der Waals surface area contributed by atoms with Gasteiger partial charge in [0, 0.05) is 10.6 Å². The molecular weight excluding hydrogens is 438 g/mol. The molecule has 0 bridgehead atoms. The Morgan fingerprint density at radius 1 is 1.18 bits per heavy atom. The first-order valence-corrected chi connectivity index (χ1v) is 12.7. The number of thiophene rings is 1. The Bertz CT molecular complexity index is 908. The Hall–Kier alpha value is -2.22. The third-order valence-electron chi connectivity index (χ3n) is 5.67. The van der Waals surface area contributed by atoms with Gasteiger partial charge in [-0.25, -0.2) is 4.79 Å². The van der Waals surface area contributed by atoms with Gasteiger partial charge in [-0.1, -0.05) is 38.3 Å². The van der Waals surface area contributed by atoms with Crippen molar-refractivity contribution in [2.45, 2.75) is 84.2 Å². The van der Waals surface area contributed by atoms with Crippen molar-refractivity contribution in [2.75, 3.05) is 11.5 Å². The topological polar surface area (TPSA) is 76.1 Å². The number of esters is 1. The van der Waals surface area contributed by atoms with E-state index < -0.39 is 6.10 Å². The lowest BCUT2D eigenvalue weighted by Gasteiger charge is -2.23. The highest BCUT2D eigenvalue weighted by molar-refractivity contribution is 7.13. The molecule has 0 aliphatic carbocycles. The van der Waals surface area contributed by atoms with Crippen molar-refractivity contribution < 1.29 is 24.2 Å². The molecule has 1 aromatic heterocycles. The molecule has 3 rings (SSSR count). The van der Waals surface area contributed by atoms with Crippen LogP contribution in [0.3, 0.4) is 0 Å². The number of nitrogens with zero attached hydrogens (tertiary/aromatic N) is 1. The maximum Gasteiger partial charge on any atom is 0.348 e. The van der Waals surface area contributed by atoms with Gasteiger partial charge in [0.25, 0.3) is 5.91 Å². The van der Waals surface area contributed by atoms with Gasteiger partial charge in [0.1, 0.15) is 17.7 Å². The number of aliphatic hydroxyl groups is 1. The van der Waals surface area contributed by atoms with Crippen LogP contribution in [-0.2, 0) is 20.7 Å². The number of aliphatic hydroxyl groups excluding tert-OH is 1. The van der Waals surface area contributed by atoms with Gasteiger partial charge in [-0.15, -0.1) is 11.3 Å². The van der Waals surface area contributed by atoms with E-state index in [0.29, 0.717) is 11.3 Å². The molecule has 1 amide bonds. The summed E-state index contributed by atoms with van der Waals surface area (Å²) in [7, 11) is 0. The second-order valence-electron chi connectivity index (χ2n) is 8.74. The first kappa shape index (κ1) is 25.4. The smallest absolute Gasteiger partial charge is 0.348 e. The van der Waals surface area contributed by atoms with E-state index in [1.807, 2.05) is 50.2 Å². The van der Waals surface area contributed by atoms with Crippen LogP contribution in [0.25, 0.3) is 0 Å². The summed E-state index contributed by atoms with van der Waals surface area (Å²) in [5, 5.41) is 10.4. The van der Waals surface area contributed by atoms with Gasteiger partial charge in [0.15, 0.2) is 0 Å². The Kier molecular flexibility index (Phi) is 9.47. The first-order valence-electron chi connectivity index (χ1n) is 11.9. The number of carbonyl (C=O) groups is 2. The summed E-state index contributed by atoms with van der Waals surface area (Å²) in [6, 6.07) is 11.4. The standard InChI is InChI=1S/C26H35NO5S/c1-4-5-6-9-22(28)19-11-13-20(14-12-19)27-24(29)17-31-25(27)10-7-8-21-15-16-23(33-21)26(30)32-18(2)3/h11-16,18,22,25,28H,4-10,17H2,1-3H3/t22-,25-/m1/s1. The van der Waals surface area contributed by atoms with Crippen molar-refractivity contribution >= 4 is 28.9 Å². The predicted octanol–water partition coefficient (Wildman–Crippen LogP) is 5.64.